The number of allylic oxidation sites excluding steroid dienone is 2. The van der Waals surface area contributed by atoms with Gasteiger partial charge in [-0.05, 0) is 48.6 Å². The van der Waals surface area contributed by atoms with Crippen LogP contribution < -0.4 is 14.5 Å². The normalized spacial score (nSPS) is 26.4. The molecule has 3 fully saturated rings. The summed E-state index contributed by atoms with van der Waals surface area (Å²) in [5.74, 6) is -7.31. The zero-order chi connectivity index (χ0) is 33.3. The zero-order valence-electron chi connectivity index (χ0n) is 24.7. The lowest BCUT2D eigenvalue weighted by Gasteiger charge is -2.44. The molecular formula is C33H26N4O10. The van der Waals surface area contributed by atoms with Crippen LogP contribution in [0, 0.1) is 49.8 Å². The predicted molar refractivity (Wildman–Crippen MR) is 163 cm³/mol. The average Bonchev–Trinajstić information content (AvgIpc) is 3.47. The first-order valence-corrected chi connectivity index (χ1v) is 14.8. The summed E-state index contributed by atoms with van der Waals surface area (Å²) in [7, 11) is 1.39. The fourth-order valence-electron chi connectivity index (χ4n) is 7.86. The van der Waals surface area contributed by atoms with E-state index in [4.69, 9.17) is 4.74 Å². The van der Waals surface area contributed by atoms with Crippen LogP contribution in [0.15, 0.2) is 78.4 Å². The first kappa shape index (κ1) is 29.8. The molecule has 0 bridgehead atoms. The highest BCUT2D eigenvalue weighted by Crippen LogP contribution is 2.59. The minimum absolute atomic E-state index is 0.0405. The van der Waals surface area contributed by atoms with Crippen LogP contribution in [-0.2, 0) is 19.2 Å². The SMILES string of the molecule is COc1ccc(C2C3=CCC4C(=O)N(c5cccc([N+](=O)[O-])c5)C(=O)C4C3CC3C(=O)N(c4cccc([N+](=O)[O-])c4)C(=O)C32)cc1O. The Morgan fingerprint density at radius 3 is 1.87 bits per heavy atom. The van der Waals surface area contributed by atoms with Gasteiger partial charge in [0.15, 0.2) is 11.5 Å². The number of nitrogens with zero attached hydrogens (tertiary/aromatic N) is 4. The minimum atomic E-state index is -0.964. The van der Waals surface area contributed by atoms with Gasteiger partial charge in [0, 0.05) is 30.2 Å². The lowest BCUT2D eigenvalue weighted by molar-refractivity contribution is -0.385. The van der Waals surface area contributed by atoms with E-state index >= 15 is 0 Å². The Hall–Kier alpha value is -5.92. The van der Waals surface area contributed by atoms with Gasteiger partial charge in [-0.1, -0.05) is 29.8 Å². The summed E-state index contributed by atoms with van der Waals surface area (Å²) in [6, 6.07) is 15.1. The highest BCUT2D eigenvalue weighted by molar-refractivity contribution is 6.24. The number of rotatable bonds is 6. The van der Waals surface area contributed by atoms with Crippen LogP contribution in [0.4, 0.5) is 22.7 Å². The van der Waals surface area contributed by atoms with E-state index in [9.17, 15) is 44.5 Å². The standard InChI is InChI=1S/C33H26N4O10/c1-47-26-11-8-16(12-25(26)38)27-21-9-10-22-28(32(41)34(30(22)39)17-4-2-6-19(13-17)36(43)44)23(21)15-24-29(27)33(42)35(31(24)40)18-5-3-7-20(14-18)37(45)46/h2-9,11-14,22-24,27-29,38H,10,15H2,1H3. The number of anilines is 2. The summed E-state index contributed by atoms with van der Waals surface area (Å²) in [4.78, 5) is 79.7. The molecule has 238 valence electrons. The lowest BCUT2D eigenvalue weighted by Crippen LogP contribution is -2.43. The number of nitro groups is 2. The Labute approximate surface area is 266 Å². The molecule has 7 rings (SSSR count). The van der Waals surface area contributed by atoms with Crippen molar-refractivity contribution < 1.29 is 38.9 Å². The van der Waals surface area contributed by atoms with Gasteiger partial charge in [0.2, 0.25) is 23.6 Å². The Morgan fingerprint density at radius 1 is 0.745 bits per heavy atom. The van der Waals surface area contributed by atoms with E-state index < -0.39 is 69.0 Å². The largest absolute Gasteiger partial charge is 0.504 e. The van der Waals surface area contributed by atoms with Crippen LogP contribution in [0.2, 0.25) is 0 Å². The molecule has 0 aromatic heterocycles. The number of aromatic hydroxyl groups is 1. The van der Waals surface area contributed by atoms with Gasteiger partial charge in [-0.15, -0.1) is 0 Å². The number of fused-ring (bicyclic) bond motifs is 4. The van der Waals surface area contributed by atoms with Crippen LogP contribution in [0.25, 0.3) is 0 Å². The minimum Gasteiger partial charge on any atom is -0.504 e. The summed E-state index contributed by atoms with van der Waals surface area (Å²) < 4.78 is 5.21. The quantitative estimate of drug-likeness (QED) is 0.177. The van der Waals surface area contributed by atoms with Crippen molar-refractivity contribution in [3.8, 4) is 11.5 Å². The first-order valence-electron chi connectivity index (χ1n) is 14.8. The fraction of sp³-hybridized carbons (Fsp3) is 0.273. The van der Waals surface area contributed by atoms with Gasteiger partial charge in [0.1, 0.15) is 0 Å². The van der Waals surface area contributed by atoms with E-state index in [1.54, 1.807) is 6.07 Å². The van der Waals surface area contributed by atoms with Gasteiger partial charge in [-0.25, -0.2) is 9.80 Å². The van der Waals surface area contributed by atoms with Crippen molar-refractivity contribution in [3.63, 3.8) is 0 Å². The number of carbonyl (C=O) groups excluding carboxylic acids is 4. The molecule has 0 spiro atoms. The molecule has 4 aliphatic rings. The third-order valence-electron chi connectivity index (χ3n) is 9.81. The number of phenols is 1. The van der Waals surface area contributed by atoms with Gasteiger partial charge < -0.3 is 9.84 Å². The van der Waals surface area contributed by atoms with Crippen molar-refractivity contribution >= 4 is 46.4 Å². The Kier molecular flexibility index (Phi) is 6.88. The number of hydrogen-bond donors (Lipinski definition) is 1. The van der Waals surface area contributed by atoms with Crippen molar-refractivity contribution in [1.29, 1.82) is 0 Å². The Morgan fingerprint density at radius 2 is 1.32 bits per heavy atom. The molecule has 3 aromatic rings. The van der Waals surface area contributed by atoms with Crippen molar-refractivity contribution in [3.05, 3.63) is 104 Å². The topological polar surface area (TPSA) is 190 Å². The zero-order valence-corrected chi connectivity index (χ0v) is 24.7. The van der Waals surface area contributed by atoms with Gasteiger partial charge in [0.25, 0.3) is 11.4 Å². The maximum absolute atomic E-state index is 14.2. The number of hydrogen-bond acceptors (Lipinski definition) is 10. The number of nitro benzene ring substituents is 2. The molecule has 0 radical (unpaired) electrons. The van der Waals surface area contributed by atoms with Gasteiger partial charge in [-0.3, -0.25) is 39.4 Å². The summed E-state index contributed by atoms with van der Waals surface area (Å²) in [5, 5.41) is 33.6. The smallest absolute Gasteiger partial charge is 0.271 e. The molecule has 6 atom stereocenters. The number of carbonyl (C=O) groups is 4. The Bertz CT molecular complexity index is 1960. The van der Waals surface area contributed by atoms with Gasteiger partial charge in [-0.2, -0.15) is 0 Å². The number of benzene rings is 3. The van der Waals surface area contributed by atoms with Crippen molar-refractivity contribution in [1.82, 2.24) is 0 Å². The van der Waals surface area contributed by atoms with Crippen LogP contribution in [0.5, 0.6) is 11.5 Å². The highest BCUT2D eigenvalue weighted by atomic mass is 16.6. The second-order valence-corrected chi connectivity index (χ2v) is 12.0. The second-order valence-electron chi connectivity index (χ2n) is 12.0. The molecule has 1 N–H and O–H groups in total. The number of imide groups is 2. The second kappa shape index (κ2) is 10.9. The fourth-order valence-corrected chi connectivity index (χ4v) is 7.86. The molecule has 2 aliphatic carbocycles. The monoisotopic (exact) mass is 638 g/mol. The molecule has 1 saturated carbocycles. The van der Waals surface area contributed by atoms with Crippen LogP contribution in [0.1, 0.15) is 24.3 Å². The predicted octanol–water partition coefficient (Wildman–Crippen LogP) is 4.26. The van der Waals surface area contributed by atoms with Crippen molar-refractivity contribution in [2.45, 2.75) is 18.8 Å². The molecule has 3 aromatic carbocycles. The molecular weight excluding hydrogens is 612 g/mol. The van der Waals surface area contributed by atoms with Crippen LogP contribution >= 0.6 is 0 Å². The van der Waals surface area contributed by atoms with Gasteiger partial charge >= 0.3 is 0 Å². The highest BCUT2D eigenvalue weighted by Gasteiger charge is 2.62. The number of amides is 4. The van der Waals surface area contributed by atoms with Crippen LogP contribution in [-0.4, -0.2) is 45.7 Å². The van der Waals surface area contributed by atoms with Crippen LogP contribution in [0.3, 0.4) is 0 Å². The van der Waals surface area contributed by atoms with E-state index in [0.29, 0.717) is 11.1 Å². The van der Waals surface area contributed by atoms with Crippen molar-refractivity contribution in [2.75, 3.05) is 16.9 Å². The molecule has 2 heterocycles. The number of phenolic OH excluding ortho intramolecular Hbond substituents is 1. The molecule has 14 heteroatoms. The number of non-ortho nitro benzene ring substituents is 2. The molecule has 47 heavy (non-hydrogen) atoms. The molecule has 6 unspecified atom stereocenters. The molecule has 2 aliphatic heterocycles. The summed E-state index contributed by atoms with van der Waals surface area (Å²) >= 11 is 0. The number of ether oxygens (including phenoxy) is 1. The summed E-state index contributed by atoms with van der Waals surface area (Å²) in [6.45, 7) is 0. The van der Waals surface area contributed by atoms with E-state index in [0.717, 1.165) is 21.9 Å². The summed E-state index contributed by atoms with van der Waals surface area (Å²) in [6.07, 6.45) is 2.03. The van der Waals surface area contributed by atoms with Gasteiger partial charge in [0.05, 0.1) is 52.0 Å². The Balaban J connectivity index is 1.33. The molecule has 2 saturated heterocycles. The molecule has 4 amide bonds. The third-order valence-corrected chi connectivity index (χ3v) is 9.81. The first-order chi connectivity index (χ1) is 22.5. The van der Waals surface area contributed by atoms with E-state index in [2.05, 4.69) is 0 Å². The average molecular weight is 639 g/mol. The van der Waals surface area contributed by atoms with E-state index in [-0.39, 0.29) is 47.1 Å². The van der Waals surface area contributed by atoms with E-state index in [1.165, 1.54) is 55.6 Å². The van der Waals surface area contributed by atoms with E-state index in [1.807, 2.05) is 6.08 Å². The third kappa shape index (κ3) is 4.47. The maximum atomic E-state index is 14.2. The maximum Gasteiger partial charge on any atom is 0.271 e. The lowest BCUT2D eigenvalue weighted by atomic mass is 9.57. The van der Waals surface area contributed by atoms with Crippen molar-refractivity contribution in [2.24, 2.45) is 29.6 Å². The molecule has 14 nitrogen and oxygen atoms in total. The summed E-state index contributed by atoms with van der Waals surface area (Å²) in [5.41, 5.74) is 0.680. The number of methoxy groups -OCH3 is 1.